The summed E-state index contributed by atoms with van der Waals surface area (Å²) < 4.78 is 23.8. The highest BCUT2D eigenvalue weighted by Gasteiger charge is 2.05. The molecule has 7 heteroatoms. The standard InChI is InChI=1S/C10H17N3O3S/c1-2-13(7-8-14)10-5-3-9(4-6-10)12-17(11,15)16/h3-6,12,14H,2,7-8H2,1H3,(H2,11,15,16). The molecule has 0 aliphatic rings. The molecular formula is C10H17N3O3S. The SMILES string of the molecule is CCN(CCO)c1ccc(NS(N)(=O)=O)cc1. The highest BCUT2D eigenvalue weighted by molar-refractivity contribution is 7.90. The molecule has 0 radical (unpaired) electrons. The summed E-state index contributed by atoms with van der Waals surface area (Å²) in [6, 6.07) is 6.79. The number of aliphatic hydroxyl groups is 1. The summed E-state index contributed by atoms with van der Waals surface area (Å²) in [6.07, 6.45) is 0. The minimum absolute atomic E-state index is 0.0744. The van der Waals surface area contributed by atoms with Gasteiger partial charge in [0, 0.05) is 24.5 Å². The van der Waals surface area contributed by atoms with Crippen LogP contribution in [-0.2, 0) is 10.2 Å². The van der Waals surface area contributed by atoms with Crippen LogP contribution in [0.3, 0.4) is 0 Å². The third-order valence-electron chi connectivity index (χ3n) is 2.24. The number of nitrogens with one attached hydrogen (secondary N) is 1. The molecule has 4 N–H and O–H groups in total. The van der Waals surface area contributed by atoms with E-state index in [0.29, 0.717) is 12.2 Å². The lowest BCUT2D eigenvalue weighted by atomic mass is 10.2. The van der Waals surface area contributed by atoms with Gasteiger partial charge < -0.3 is 10.0 Å². The Hall–Kier alpha value is -1.31. The summed E-state index contributed by atoms with van der Waals surface area (Å²) >= 11 is 0. The molecule has 0 heterocycles. The molecule has 17 heavy (non-hydrogen) atoms. The first-order chi connectivity index (χ1) is 7.96. The first-order valence-electron chi connectivity index (χ1n) is 5.22. The van der Waals surface area contributed by atoms with Crippen molar-refractivity contribution in [3.05, 3.63) is 24.3 Å². The maximum atomic E-state index is 10.8. The smallest absolute Gasteiger partial charge is 0.296 e. The van der Waals surface area contributed by atoms with Gasteiger partial charge >= 0.3 is 0 Å². The number of rotatable bonds is 6. The summed E-state index contributed by atoms with van der Waals surface area (Å²) in [5, 5.41) is 13.7. The summed E-state index contributed by atoms with van der Waals surface area (Å²) in [4.78, 5) is 1.97. The first-order valence-corrected chi connectivity index (χ1v) is 6.77. The largest absolute Gasteiger partial charge is 0.395 e. The second kappa shape index (κ2) is 5.85. The zero-order chi connectivity index (χ0) is 12.9. The van der Waals surface area contributed by atoms with Crippen molar-refractivity contribution < 1.29 is 13.5 Å². The Morgan fingerprint density at radius 2 is 1.94 bits per heavy atom. The Kier molecular flexibility index (Phi) is 4.73. The fraction of sp³-hybridized carbons (Fsp3) is 0.400. The maximum Gasteiger partial charge on any atom is 0.296 e. The average molecular weight is 259 g/mol. The molecule has 0 atom stereocenters. The Bertz CT molecular complexity index is 444. The topological polar surface area (TPSA) is 95.7 Å². The fourth-order valence-electron chi connectivity index (χ4n) is 1.50. The van der Waals surface area contributed by atoms with Gasteiger partial charge in [0.15, 0.2) is 0 Å². The molecule has 0 unspecified atom stereocenters. The van der Waals surface area contributed by atoms with Gasteiger partial charge in [0.1, 0.15) is 0 Å². The van der Waals surface area contributed by atoms with Crippen LogP contribution < -0.4 is 14.8 Å². The van der Waals surface area contributed by atoms with E-state index in [1.165, 1.54) is 0 Å². The van der Waals surface area contributed by atoms with E-state index in [4.69, 9.17) is 10.2 Å². The molecule has 0 fully saturated rings. The van der Waals surface area contributed by atoms with E-state index in [-0.39, 0.29) is 6.61 Å². The Labute approximate surface area is 101 Å². The Morgan fingerprint density at radius 3 is 2.35 bits per heavy atom. The first kappa shape index (κ1) is 13.8. The van der Waals surface area contributed by atoms with Crippen molar-refractivity contribution in [1.29, 1.82) is 0 Å². The highest BCUT2D eigenvalue weighted by Crippen LogP contribution is 2.17. The van der Waals surface area contributed by atoms with Crippen LogP contribution in [0.5, 0.6) is 0 Å². The maximum absolute atomic E-state index is 10.8. The second-order valence-electron chi connectivity index (χ2n) is 3.50. The molecule has 0 aliphatic carbocycles. The van der Waals surface area contributed by atoms with Crippen LogP contribution in [0.25, 0.3) is 0 Å². The minimum atomic E-state index is -3.73. The number of hydrogen-bond acceptors (Lipinski definition) is 4. The van der Waals surface area contributed by atoms with E-state index in [9.17, 15) is 8.42 Å². The van der Waals surface area contributed by atoms with E-state index in [1.54, 1.807) is 24.3 Å². The van der Waals surface area contributed by atoms with Crippen LogP contribution in [-0.4, -0.2) is 33.2 Å². The third kappa shape index (κ3) is 4.59. The number of nitrogens with two attached hydrogens (primary N) is 1. The number of nitrogens with zero attached hydrogens (tertiary/aromatic N) is 1. The van der Waals surface area contributed by atoms with Gasteiger partial charge in [0.05, 0.1) is 6.61 Å². The van der Waals surface area contributed by atoms with Crippen LogP contribution in [0.2, 0.25) is 0 Å². The number of aliphatic hydroxyl groups excluding tert-OH is 1. The molecule has 0 bridgehead atoms. The van der Waals surface area contributed by atoms with Crippen LogP contribution in [0.4, 0.5) is 11.4 Å². The lowest BCUT2D eigenvalue weighted by Crippen LogP contribution is -2.26. The van der Waals surface area contributed by atoms with Gasteiger partial charge in [-0.15, -0.1) is 0 Å². The molecule has 96 valence electrons. The normalized spacial score (nSPS) is 11.2. The van der Waals surface area contributed by atoms with Gasteiger partial charge in [0.2, 0.25) is 0 Å². The molecule has 0 spiro atoms. The van der Waals surface area contributed by atoms with E-state index in [2.05, 4.69) is 4.72 Å². The lowest BCUT2D eigenvalue weighted by molar-refractivity contribution is 0.302. The molecule has 0 aliphatic heterocycles. The molecule has 0 amide bonds. The van der Waals surface area contributed by atoms with Crippen LogP contribution in [0, 0.1) is 0 Å². The molecule has 0 saturated heterocycles. The van der Waals surface area contributed by atoms with Crippen molar-refractivity contribution >= 4 is 21.6 Å². The zero-order valence-corrected chi connectivity index (χ0v) is 10.4. The van der Waals surface area contributed by atoms with Gasteiger partial charge in [-0.1, -0.05) is 0 Å². The Balaban J connectivity index is 2.80. The number of likely N-dealkylation sites (N-methyl/N-ethyl adjacent to an activating group) is 1. The summed E-state index contributed by atoms with van der Waals surface area (Å²) in [6.45, 7) is 3.36. The molecule has 0 saturated carbocycles. The van der Waals surface area contributed by atoms with Crippen molar-refractivity contribution in [2.24, 2.45) is 5.14 Å². The van der Waals surface area contributed by atoms with Crippen LogP contribution in [0.15, 0.2) is 24.3 Å². The molecule has 1 rings (SSSR count). The predicted octanol–water partition coefficient (Wildman–Crippen LogP) is 0.121. The van der Waals surface area contributed by atoms with Crippen molar-refractivity contribution in [2.45, 2.75) is 6.92 Å². The lowest BCUT2D eigenvalue weighted by Gasteiger charge is -2.22. The van der Waals surface area contributed by atoms with Crippen molar-refractivity contribution in [3.8, 4) is 0 Å². The number of benzene rings is 1. The van der Waals surface area contributed by atoms with Gasteiger partial charge in [-0.3, -0.25) is 4.72 Å². The molecule has 1 aromatic rings. The Morgan fingerprint density at radius 1 is 1.35 bits per heavy atom. The van der Waals surface area contributed by atoms with E-state index in [1.807, 2.05) is 11.8 Å². The highest BCUT2D eigenvalue weighted by atomic mass is 32.2. The van der Waals surface area contributed by atoms with Crippen molar-refractivity contribution in [2.75, 3.05) is 29.3 Å². The summed E-state index contributed by atoms with van der Waals surface area (Å²) in [7, 11) is -3.73. The molecule has 6 nitrogen and oxygen atoms in total. The van der Waals surface area contributed by atoms with Crippen molar-refractivity contribution in [1.82, 2.24) is 0 Å². The number of hydrogen-bond donors (Lipinski definition) is 3. The number of anilines is 2. The van der Waals surface area contributed by atoms with E-state index >= 15 is 0 Å². The van der Waals surface area contributed by atoms with Gasteiger partial charge in [-0.2, -0.15) is 8.42 Å². The minimum Gasteiger partial charge on any atom is -0.395 e. The third-order valence-corrected chi connectivity index (χ3v) is 2.76. The van der Waals surface area contributed by atoms with Crippen molar-refractivity contribution in [3.63, 3.8) is 0 Å². The molecule has 0 aromatic heterocycles. The monoisotopic (exact) mass is 259 g/mol. The van der Waals surface area contributed by atoms with E-state index in [0.717, 1.165) is 12.2 Å². The fourth-order valence-corrected chi connectivity index (χ4v) is 1.96. The quantitative estimate of drug-likeness (QED) is 0.676. The molecular weight excluding hydrogens is 242 g/mol. The van der Waals surface area contributed by atoms with Gasteiger partial charge in [0.25, 0.3) is 10.2 Å². The van der Waals surface area contributed by atoms with Crippen LogP contribution >= 0.6 is 0 Å². The van der Waals surface area contributed by atoms with E-state index < -0.39 is 10.2 Å². The molecule has 1 aromatic carbocycles. The predicted molar refractivity (Wildman–Crippen MR) is 68.1 cm³/mol. The summed E-state index contributed by atoms with van der Waals surface area (Å²) in [5.41, 5.74) is 1.33. The van der Waals surface area contributed by atoms with Gasteiger partial charge in [-0.05, 0) is 31.2 Å². The second-order valence-corrected chi connectivity index (χ2v) is 4.79. The average Bonchev–Trinajstić information content (AvgIpc) is 2.25. The van der Waals surface area contributed by atoms with Crippen LogP contribution in [0.1, 0.15) is 6.92 Å². The summed E-state index contributed by atoms with van der Waals surface area (Å²) in [5.74, 6) is 0. The zero-order valence-electron chi connectivity index (χ0n) is 9.63. The van der Waals surface area contributed by atoms with Gasteiger partial charge in [-0.25, -0.2) is 5.14 Å².